The zero-order chi connectivity index (χ0) is 38.3. The normalized spacial score (nSPS) is 13.5. The molecule has 10 aromatic carbocycles. The average molecular weight is 737 g/mol. The van der Waals surface area contributed by atoms with Crippen LogP contribution in [0.1, 0.15) is 25.0 Å². The Balaban J connectivity index is 1.10. The number of hydrogen-bond donors (Lipinski definition) is 0. The van der Waals surface area contributed by atoms with Gasteiger partial charge in [0.05, 0.1) is 5.69 Å². The highest BCUT2D eigenvalue weighted by atomic mass is 15.0. The van der Waals surface area contributed by atoms with Crippen LogP contribution in [0, 0.1) is 0 Å². The summed E-state index contributed by atoms with van der Waals surface area (Å²) >= 11 is 0. The van der Waals surface area contributed by atoms with E-state index < -0.39 is 0 Å². The van der Waals surface area contributed by atoms with Crippen LogP contribution < -0.4 is 0 Å². The second-order valence-corrected chi connectivity index (χ2v) is 16.7. The maximum absolute atomic E-state index is 5.15. The number of benzene rings is 10. The van der Waals surface area contributed by atoms with E-state index in [1.807, 2.05) is 0 Å². The molecule has 58 heavy (non-hydrogen) atoms. The predicted octanol–water partition coefficient (Wildman–Crippen LogP) is 15.0. The average Bonchev–Trinajstić information content (AvgIpc) is 3.81. The molecule has 2 nitrogen and oxygen atoms in total. The third-order valence-electron chi connectivity index (χ3n) is 13.3. The van der Waals surface area contributed by atoms with Gasteiger partial charge in [0, 0.05) is 28.8 Å². The first-order chi connectivity index (χ1) is 28.5. The molecule has 0 bridgehead atoms. The molecule has 12 aromatic rings. The van der Waals surface area contributed by atoms with Crippen LogP contribution in [-0.2, 0) is 5.41 Å². The molecule has 1 aliphatic rings. The van der Waals surface area contributed by atoms with Gasteiger partial charge in [0.1, 0.15) is 5.65 Å². The van der Waals surface area contributed by atoms with Crippen molar-refractivity contribution < 1.29 is 0 Å². The topological polar surface area (TPSA) is 17.3 Å². The molecule has 0 aliphatic heterocycles. The van der Waals surface area contributed by atoms with Gasteiger partial charge in [0.15, 0.2) is 0 Å². The maximum Gasteiger partial charge on any atom is 0.145 e. The summed E-state index contributed by atoms with van der Waals surface area (Å²) in [7, 11) is 0. The molecular weight excluding hydrogens is 701 g/mol. The summed E-state index contributed by atoms with van der Waals surface area (Å²) in [4.78, 5) is 5.15. The quantitative estimate of drug-likeness (QED) is 0.130. The van der Waals surface area contributed by atoms with Crippen LogP contribution in [-0.4, -0.2) is 9.38 Å². The third-order valence-corrected chi connectivity index (χ3v) is 13.3. The molecule has 0 saturated heterocycles. The highest BCUT2D eigenvalue weighted by Crippen LogP contribution is 2.54. The molecule has 2 heterocycles. The Morgan fingerprint density at radius 2 is 1.05 bits per heavy atom. The van der Waals surface area contributed by atoms with E-state index in [4.69, 9.17) is 4.98 Å². The summed E-state index contributed by atoms with van der Waals surface area (Å²) in [6.45, 7) is 4.78. The van der Waals surface area contributed by atoms with E-state index in [0.717, 1.165) is 22.3 Å². The van der Waals surface area contributed by atoms with E-state index in [-0.39, 0.29) is 5.41 Å². The van der Waals surface area contributed by atoms with Crippen LogP contribution >= 0.6 is 0 Å². The Bertz CT molecular complexity index is 3680. The minimum Gasteiger partial charge on any atom is -0.306 e. The summed E-state index contributed by atoms with van der Waals surface area (Å²) in [5.41, 5.74) is 13.4. The number of hydrogen-bond acceptors (Lipinski definition) is 1. The first-order valence-corrected chi connectivity index (χ1v) is 20.3. The maximum atomic E-state index is 5.15. The number of nitrogens with zero attached hydrogens (tertiary/aromatic N) is 2. The minimum absolute atomic E-state index is 0.132. The van der Waals surface area contributed by atoms with E-state index in [9.17, 15) is 0 Å². The Morgan fingerprint density at radius 1 is 0.414 bits per heavy atom. The summed E-state index contributed by atoms with van der Waals surface area (Å²) in [5.74, 6) is 0. The lowest BCUT2D eigenvalue weighted by molar-refractivity contribution is 0.661. The molecule has 0 amide bonds. The highest BCUT2D eigenvalue weighted by Gasteiger charge is 2.36. The van der Waals surface area contributed by atoms with Crippen LogP contribution in [0.3, 0.4) is 0 Å². The molecule has 0 atom stereocenters. The SMILES string of the molecule is CC1(C)c2ccccc2-c2cc3c(-c4ccc5ccc6cccc7ccc4c5c67)c4ccccc4c(-c4ccc(-c5cn6ccc7ccccc7c6n5)cc4)c3cc21. The fourth-order valence-electron chi connectivity index (χ4n) is 10.6. The third kappa shape index (κ3) is 4.24. The Morgan fingerprint density at radius 3 is 1.88 bits per heavy atom. The van der Waals surface area contributed by atoms with Crippen LogP contribution in [0.2, 0.25) is 0 Å². The van der Waals surface area contributed by atoms with Crippen LogP contribution in [0.25, 0.3) is 115 Å². The largest absolute Gasteiger partial charge is 0.306 e. The monoisotopic (exact) mass is 736 g/mol. The van der Waals surface area contributed by atoms with Crippen LogP contribution in [0.4, 0.5) is 0 Å². The van der Waals surface area contributed by atoms with Crippen LogP contribution in [0.15, 0.2) is 182 Å². The van der Waals surface area contributed by atoms with E-state index in [0.29, 0.717) is 0 Å². The predicted molar refractivity (Wildman–Crippen MR) is 245 cm³/mol. The van der Waals surface area contributed by atoms with Crippen molar-refractivity contribution in [2.75, 3.05) is 0 Å². The van der Waals surface area contributed by atoms with Gasteiger partial charge in [0.2, 0.25) is 0 Å². The lowest BCUT2D eigenvalue weighted by atomic mass is 9.79. The Kier molecular flexibility index (Phi) is 6.26. The van der Waals surface area contributed by atoms with Gasteiger partial charge in [-0.25, -0.2) is 4.98 Å². The van der Waals surface area contributed by atoms with Gasteiger partial charge in [-0.05, 0) is 122 Å². The fourth-order valence-corrected chi connectivity index (χ4v) is 10.6. The number of aromatic nitrogens is 2. The van der Waals surface area contributed by atoms with E-state index >= 15 is 0 Å². The van der Waals surface area contributed by atoms with Crippen molar-refractivity contribution in [3.63, 3.8) is 0 Å². The van der Waals surface area contributed by atoms with Crippen molar-refractivity contribution in [2.24, 2.45) is 0 Å². The van der Waals surface area contributed by atoms with E-state index in [1.54, 1.807) is 0 Å². The lowest BCUT2D eigenvalue weighted by Gasteiger charge is -2.24. The van der Waals surface area contributed by atoms with E-state index in [2.05, 4.69) is 201 Å². The van der Waals surface area contributed by atoms with Crippen molar-refractivity contribution in [3.8, 4) is 44.6 Å². The highest BCUT2D eigenvalue weighted by molar-refractivity contribution is 6.29. The number of rotatable bonds is 3. The Hall–Kier alpha value is -7.29. The molecule has 0 spiro atoms. The molecule has 13 rings (SSSR count). The molecule has 0 N–H and O–H groups in total. The molecule has 0 unspecified atom stereocenters. The molecule has 270 valence electrons. The molecule has 2 aromatic heterocycles. The zero-order valence-corrected chi connectivity index (χ0v) is 32.2. The number of pyridine rings is 1. The van der Waals surface area contributed by atoms with Crippen molar-refractivity contribution in [2.45, 2.75) is 19.3 Å². The standard InChI is InChI=1S/C56H36N2/c1-56(2)48-17-8-7-14-40(48)45-30-46-47(31-49(45)56)52(37-20-18-34(19-21-37)50-32-58-29-28-33-10-3-4-13-39(33)55(58)57-50)41-15-5-6-16-42(41)54(46)44-27-25-38-23-22-35-11-9-12-36-24-26-43(44)53(38)51(35)36/h3-32H,1-2H3. The smallest absolute Gasteiger partial charge is 0.145 e. The zero-order valence-electron chi connectivity index (χ0n) is 32.2. The number of imidazole rings is 1. The molecule has 0 saturated carbocycles. The molecule has 2 heteroatoms. The summed E-state index contributed by atoms with van der Waals surface area (Å²) in [5, 5.41) is 15.3. The molecular formula is C56H36N2. The second kappa shape index (κ2) is 11.4. The van der Waals surface area contributed by atoms with Crippen molar-refractivity contribution in [1.82, 2.24) is 9.38 Å². The summed E-state index contributed by atoms with van der Waals surface area (Å²) in [6, 6.07) is 63.5. The van der Waals surface area contributed by atoms with Gasteiger partial charge >= 0.3 is 0 Å². The first kappa shape index (κ1) is 31.9. The van der Waals surface area contributed by atoms with Gasteiger partial charge in [-0.15, -0.1) is 0 Å². The van der Waals surface area contributed by atoms with Crippen molar-refractivity contribution in [3.05, 3.63) is 193 Å². The molecule has 1 aliphatic carbocycles. The fraction of sp³-hybridized carbons (Fsp3) is 0.0536. The van der Waals surface area contributed by atoms with E-state index in [1.165, 1.54) is 104 Å². The molecule has 0 radical (unpaired) electrons. The lowest BCUT2D eigenvalue weighted by Crippen LogP contribution is -2.14. The minimum atomic E-state index is -0.132. The first-order valence-electron chi connectivity index (χ1n) is 20.3. The van der Waals surface area contributed by atoms with Crippen LogP contribution in [0.5, 0.6) is 0 Å². The second-order valence-electron chi connectivity index (χ2n) is 16.7. The summed E-state index contributed by atoms with van der Waals surface area (Å²) < 4.78 is 2.14. The molecule has 0 fully saturated rings. The van der Waals surface area contributed by atoms with Gasteiger partial charge in [-0.2, -0.15) is 0 Å². The summed E-state index contributed by atoms with van der Waals surface area (Å²) in [6.07, 6.45) is 4.26. The Labute approximate surface area is 335 Å². The van der Waals surface area contributed by atoms with Gasteiger partial charge < -0.3 is 4.40 Å². The van der Waals surface area contributed by atoms with Gasteiger partial charge in [0.25, 0.3) is 0 Å². The van der Waals surface area contributed by atoms with Crippen molar-refractivity contribution in [1.29, 1.82) is 0 Å². The number of fused-ring (bicyclic) bond motifs is 8. The van der Waals surface area contributed by atoms with Gasteiger partial charge in [-0.3, -0.25) is 0 Å². The van der Waals surface area contributed by atoms with Crippen molar-refractivity contribution >= 4 is 70.3 Å². The van der Waals surface area contributed by atoms with Gasteiger partial charge in [-0.1, -0.05) is 166 Å².